The lowest BCUT2D eigenvalue weighted by atomic mass is 10.2. The Morgan fingerprint density at radius 3 is 2.63 bits per heavy atom. The van der Waals surface area contributed by atoms with Crippen molar-refractivity contribution < 1.29 is 28.6 Å². The molecule has 0 fully saturated rings. The molecule has 0 radical (unpaired) electrons. The zero-order valence-electron chi connectivity index (χ0n) is 16.9. The smallest absolute Gasteiger partial charge is 0.308 e. The number of anilines is 2. The van der Waals surface area contributed by atoms with Crippen molar-refractivity contribution in [3.63, 3.8) is 0 Å². The molecule has 30 heavy (non-hydrogen) atoms. The Morgan fingerprint density at radius 2 is 1.90 bits per heavy atom. The first-order valence-corrected chi connectivity index (χ1v) is 9.73. The van der Waals surface area contributed by atoms with E-state index in [-0.39, 0.29) is 25.5 Å². The van der Waals surface area contributed by atoms with E-state index in [1.165, 1.54) is 11.8 Å². The highest BCUT2D eigenvalue weighted by molar-refractivity contribution is 5.98. The lowest BCUT2D eigenvalue weighted by molar-refractivity contribution is -0.153. The SMILES string of the molecule is CCOc1ccc(NC(=O)[C@@H](C)OC(=O)CCN2C(=O)COc3ccccc32)cc1. The lowest BCUT2D eigenvalue weighted by Crippen LogP contribution is -2.40. The van der Waals surface area contributed by atoms with E-state index in [1.807, 2.05) is 13.0 Å². The molecule has 0 bridgehead atoms. The molecule has 3 rings (SSSR count). The van der Waals surface area contributed by atoms with Crippen LogP contribution in [0.2, 0.25) is 0 Å². The van der Waals surface area contributed by atoms with Gasteiger partial charge in [-0.15, -0.1) is 0 Å². The van der Waals surface area contributed by atoms with E-state index in [1.54, 1.807) is 42.5 Å². The molecular formula is C22H24N2O6. The van der Waals surface area contributed by atoms with E-state index in [0.29, 0.717) is 29.5 Å². The highest BCUT2D eigenvalue weighted by atomic mass is 16.5. The van der Waals surface area contributed by atoms with Crippen molar-refractivity contribution in [1.29, 1.82) is 0 Å². The van der Waals surface area contributed by atoms with Crippen molar-refractivity contribution in [2.24, 2.45) is 0 Å². The molecule has 0 aromatic heterocycles. The lowest BCUT2D eigenvalue weighted by Gasteiger charge is -2.29. The quantitative estimate of drug-likeness (QED) is 0.670. The summed E-state index contributed by atoms with van der Waals surface area (Å²) in [4.78, 5) is 38.1. The number of amides is 2. The number of nitrogens with one attached hydrogen (secondary N) is 1. The summed E-state index contributed by atoms with van der Waals surface area (Å²) in [6, 6.07) is 14.0. The Balaban J connectivity index is 1.49. The van der Waals surface area contributed by atoms with E-state index in [2.05, 4.69) is 5.32 Å². The fourth-order valence-electron chi connectivity index (χ4n) is 2.96. The van der Waals surface area contributed by atoms with Gasteiger partial charge in [-0.1, -0.05) is 12.1 Å². The molecule has 1 heterocycles. The Labute approximate surface area is 174 Å². The molecule has 2 amide bonds. The fourth-order valence-corrected chi connectivity index (χ4v) is 2.96. The standard InChI is InChI=1S/C22H24N2O6/c1-3-28-17-10-8-16(9-11-17)23-22(27)15(2)30-21(26)12-13-24-18-6-4-5-7-19(18)29-14-20(24)25/h4-11,15H,3,12-14H2,1-2H3,(H,23,27)/t15-/m1/s1. The van der Waals surface area contributed by atoms with Gasteiger partial charge in [0.1, 0.15) is 11.5 Å². The Hall–Kier alpha value is -3.55. The zero-order valence-corrected chi connectivity index (χ0v) is 16.9. The third-order valence-corrected chi connectivity index (χ3v) is 4.46. The molecule has 0 saturated carbocycles. The van der Waals surface area contributed by atoms with Crippen LogP contribution in [0.5, 0.6) is 11.5 Å². The van der Waals surface area contributed by atoms with Gasteiger partial charge in [0.05, 0.1) is 18.7 Å². The predicted octanol–water partition coefficient (Wildman–Crippen LogP) is 2.77. The molecule has 0 aliphatic carbocycles. The first kappa shape index (κ1) is 21.2. The van der Waals surface area contributed by atoms with Gasteiger partial charge < -0.3 is 24.4 Å². The van der Waals surface area contributed by atoms with Gasteiger partial charge in [-0.05, 0) is 50.2 Å². The van der Waals surface area contributed by atoms with Crippen LogP contribution in [0.4, 0.5) is 11.4 Å². The van der Waals surface area contributed by atoms with Crippen LogP contribution in [0.25, 0.3) is 0 Å². The number of rotatable bonds is 8. The van der Waals surface area contributed by atoms with Crippen LogP contribution < -0.4 is 19.7 Å². The highest BCUT2D eigenvalue weighted by Gasteiger charge is 2.26. The van der Waals surface area contributed by atoms with Crippen molar-refractivity contribution in [3.05, 3.63) is 48.5 Å². The minimum atomic E-state index is -0.975. The van der Waals surface area contributed by atoms with Gasteiger partial charge in [0, 0.05) is 12.2 Å². The second kappa shape index (κ2) is 9.78. The van der Waals surface area contributed by atoms with Crippen molar-refractivity contribution in [3.8, 4) is 11.5 Å². The van der Waals surface area contributed by atoms with Crippen LogP contribution in [-0.2, 0) is 19.1 Å². The summed E-state index contributed by atoms with van der Waals surface area (Å²) < 4.78 is 15.9. The maximum absolute atomic E-state index is 12.3. The number of fused-ring (bicyclic) bond motifs is 1. The van der Waals surface area contributed by atoms with E-state index in [9.17, 15) is 14.4 Å². The van der Waals surface area contributed by atoms with Gasteiger partial charge in [-0.3, -0.25) is 14.4 Å². The van der Waals surface area contributed by atoms with E-state index in [0.717, 1.165) is 0 Å². The summed E-state index contributed by atoms with van der Waals surface area (Å²) in [6.07, 6.45) is -1.02. The number of hydrogen-bond acceptors (Lipinski definition) is 6. The monoisotopic (exact) mass is 412 g/mol. The second-order valence-corrected chi connectivity index (χ2v) is 6.63. The highest BCUT2D eigenvalue weighted by Crippen LogP contribution is 2.31. The normalized spacial score (nSPS) is 13.7. The molecule has 2 aromatic rings. The van der Waals surface area contributed by atoms with E-state index >= 15 is 0 Å². The average molecular weight is 412 g/mol. The number of ether oxygens (including phenoxy) is 3. The molecule has 0 spiro atoms. The Morgan fingerprint density at radius 1 is 1.17 bits per heavy atom. The Kier molecular flexibility index (Phi) is 6.90. The van der Waals surface area contributed by atoms with Crippen molar-refractivity contribution in [2.45, 2.75) is 26.4 Å². The first-order chi connectivity index (χ1) is 14.5. The van der Waals surface area contributed by atoms with Gasteiger partial charge in [0.2, 0.25) is 0 Å². The maximum atomic E-state index is 12.3. The zero-order chi connectivity index (χ0) is 21.5. The van der Waals surface area contributed by atoms with Gasteiger partial charge in [0.15, 0.2) is 12.7 Å². The minimum Gasteiger partial charge on any atom is -0.494 e. The molecule has 1 atom stereocenters. The number of para-hydroxylation sites is 2. The van der Waals surface area contributed by atoms with Crippen LogP contribution in [0, 0.1) is 0 Å². The third kappa shape index (κ3) is 5.28. The molecule has 0 saturated heterocycles. The van der Waals surface area contributed by atoms with Crippen LogP contribution in [0.1, 0.15) is 20.3 Å². The summed E-state index contributed by atoms with van der Waals surface area (Å²) in [5.74, 6) is 0.0481. The molecule has 1 N–H and O–H groups in total. The van der Waals surface area contributed by atoms with Gasteiger partial charge in [0.25, 0.3) is 11.8 Å². The van der Waals surface area contributed by atoms with Crippen LogP contribution in [0.3, 0.4) is 0 Å². The molecule has 1 aliphatic rings. The summed E-state index contributed by atoms with van der Waals surface area (Å²) in [6.45, 7) is 4.01. The number of nitrogens with zero attached hydrogens (tertiary/aromatic N) is 1. The van der Waals surface area contributed by atoms with Gasteiger partial charge in [-0.25, -0.2) is 0 Å². The van der Waals surface area contributed by atoms with Gasteiger partial charge in [-0.2, -0.15) is 0 Å². The van der Waals surface area contributed by atoms with E-state index < -0.39 is 18.0 Å². The number of benzene rings is 2. The average Bonchev–Trinajstić information content (AvgIpc) is 2.74. The summed E-state index contributed by atoms with van der Waals surface area (Å²) >= 11 is 0. The van der Waals surface area contributed by atoms with Gasteiger partial charge >= 0.3 is 5.97 Å². The van der Waals surface area contributed by atoms with Crippen molar-refractivity contribution in [1.82, 2.24) is 0 Å². The molecule has 0 unspecified atom stereocenters. The number of esters is 1. The summed E-state index contributed by atoms with van der Waals surface area (Å²) in [7, 11) is 0. The fraction of sp³-hybridized carbons (Fsp3) is 0.318. The summed E-state index contributed by atoms with van der Waals surface area (Å²) in [5, 5.41) is 2.69. The van der Waals surface area contributed by atoms with Crippen LogP contribution in [-0.4, -0.2) is 43.6 Å². The maximum Gasteiger partial charge on any atom is 0.308 e. The largest absolute Gasteiger partial charge is 0.494 e. The third-order valence-electron chi connectivity index (χ3n) is 4.46. The molecular weight excluding hydrogens is 388 g/mol. The second-order valence-electron chi connectivity index (χ2n) is 6.63. The number of carbonyl (C=O) groups is 3. The van der Waals surface area contributed by atoms with Crippen molar-refractivity contribution in [2.75, 3.05) is 30.0 Å². The Bertz CT molecular complexity index is 912. The molecule has 1 aliphatic heterocycles. The van der Waals surface area contributed by atoms with Crippen LogP contribution >= 0.6 is 0 Å². The predicted molar refractivity (Wildman–Crippen MR) is 111 cm³/mol. The number of carbonyl (C=O) groups excluding carboxylic acids is 3. The topological polar surface area (TPSA) is 94.2 Å². The van der Waals surface area contributed by atoms with Crippen LogP contribution in [0.15, 0.2) is 48.5 Å². The molecule has 158 valence electrons. The van der Waals surface area contributed by atoms with Crippen molar-refractivity contribution >= 4 is 29.2 Å². The number of hydrogen-bond donors (Lipinski definition) is 1. The van der Waals surface area contributed by atoms with E-state index in [4.69, 9.17) is 14.2 Å². The molecule has 8 nitrogen and oxygen atoms in total. The minimum absolute atomic E-state index is 0.0409. The summed E-state index contributed by atoms with van der Waals surface area (Å²) in [5.41, 5.74) is 1.18. The molecule has 2 aromatic carbocycles. The first-order valence-electron chi connectivity index (χ1n) is 9.73. The molecule has 8 heteroatoms.